The van der Waals surface area contributed by atoms with Crippen molar-refractivity contribution in [2.45, 2.75) is 35.9 Å². The van der Waals surface area contributed by atoms with E-state index in [9.17, 15) is 28.2 Å². The third-order valence-electron chi connectivity index (χ3n) is 4.84. The number of sulfonamides is 1. The molecule has 0 radical (unpaired) electrons. The molecule has 0 aromatic heterocycles. The number of carbonyl (C=O) groups is 2. The summed E-state index contributed by atoms with van der Waals surface area (Å²) < 4.78 is 26.9. The van der Waals surface area contributed by atoms with Crippen LogP contribution in [0.15, 0.2) is 59.5 Å². The van der Waals surface area contributed by atoms with Crippen LogP contribution < -0.4 is 5.32 Å². The molecule has 160 valence electrons. The second-order valence-corrected chi connectivity index (χ2v) is 9.35. The summed E-state index contributed by atoms with van der Waals surface area (Å²) in [7, 11) is -4.12. The quantitative estimate of drug-likeness (QED) is 0.581. The number of aliphatic hydroxyl groups excluding tert-OH is 1. The summed E-state index contributed by atoms with van der Waals surface area (Å²) in [5.74, 6) is -2.02. The Hall–Kier alpha value is -2.46. The zero-order valence-electron chi connectivity index (χ0n) is 15.8. The van der Waals surface area contributed by atoms with Crippen LogP contribution in [-0.4, -0.2) is 59.5 Å². The Balaban J connectivity index is 1.81. The van der Waals surface area contributed by atoms with Crippen molar-refractivity contribution in [1.82, 2.24) is 9.62 Å². The number of benzene rings is 2. The maximum atomic E-state index is 13.0. The topological polar surface area (TPSA) is 124 Å². The molecule has 1 fully saturated rings. The van der Waals surface area contributed by atoms with Crippen LogP contribution in [0.4, 0.5) is 0 Å². The molecule has 2 unspecified atom stereocenters. The molecular weight excluding hydrogens is 432 g/mol. The lowest BCUT2D eigenvalue weighted by atomic mass is 10.1. The number of carboxylic acid groups (broad SMARTS) is 1. The Labute approximate surface area is 179 Å². The molecule has 2 aromatic carbocycles. The number of aliphatic carboxylic acids is 1. The van der Waals surface area contributed by atoms with E-state index < -0.39 is 40.1 Å². The molecule has 1 aliphatic heterocycles. The van der Waals surface area contributed by atoms with Gasteiger partial charge in [-0.05, 0) is 23.8 Å². The van der Waals surface area contributed by atoms with E-state index in [0.717, 1.165) is 4.31 Å². The van der Waals surface area contributed by atoms with E-state index in [1.165, 1.54) is 24.3 Å². The molecule has 0 aliphatic carbocycles. The molecule has 30 heavy (non-hydrogen) atoms. The highest BCUT2D eigenvalue weighted by Gasteiger charge is 2.44. The third-order valence-corrected chi connectivity index (χ3v) is 6.94. The van der Waals surface area contributed by atoms with Gasteiger partial charge in [0.05, 0.1) is 11.0 Å². The first-order valence-electron chi connectivity index (χ1n) is 9.21. The zero-order valence-corrected chi connectivity index (χ0v) is 17.4. The largest absolute Gasteiger partial charge is 0.480 e. The van der Waals surface area contributed by atoms with E-state index in [1.54, 1.807) is 30.3 Å². The minimum atomic E-state index is -4.12. The predicted molar refractivity (Wildman–Crippen MR) is 109 cm³/mol. The minimum absolute atomic E-state index is 0.0399. The van der Waals surface area contributed by atoms with Crippen LogP contribution in [0.25, 0.3) is 0 Å². The van der Waals surface area contributed by atoms with E-state index >= 15 is 0 Å². The standard InChI is InChI=1S/C20H21ClN2O6S/c21-14-7-4-8-16(10-14)30(28,29)23-12-15(24)11-18(23)19(25)22-17(20(26)27)9-13-5-2-1-3-6-13/h1-8,10,15,17-18,24H,9,11-12H2,(H,22,25)(H,26,27)/t15-,17?,18?/m1/s1. The summed E-state index contributed by atoms with van der Waals surface area (Å²) in [5, 5.41) is 22.2. The predicted octanol–water partition coefficient (Wildman–Crippen LogP) is 1.28. The van der Waals surface area contributed by atoms with Gasteiger partial charge in [-0.3, -0.25) is 4.79 Å². The molecule has 0 spiro atoms. The summed E-state index contributed by atoms with van der Waals surface area (Å²) in [6, 6.07) is 11.9. The van der Waals surface area contributed by atoms with Gasteiger partial charge in [-0.25, -0.2) is 13.2 Å². The Kier molecular flexibility index (Phi) is 6.77. The second-order valence-electron chi connectivity index (χ2n) is 7.03. The Morgan fingerprint density at radius 3 is 2.50 bits per heavy atom. The molecule has 1 heterocycles. The van der Waals surface area contributed by atoms with E-state index in [-0.39, 0.29) is 29.3 Å². The molecule has 0 saturated carbocycles. The molecule has 2 aromatic rings. The summed E-state index contributed by atoms with van der Waals surface area (Å²) in [6.45, 7) is -0.274. The molecule has 1 amide bonds. The first kappa shape index (κ1) is 22.2. The molecule has 1 saturated heterocycles. The van der Waals surface area contributed by atoms with Gasteiger partial charge in [-0.15, -0.1) is 0 Å². The number of hydrogen-bond donors (Lipinski definition) is 3. The van der Waals surface area contributed by atoms with Gasteiger partial charge in [0.15, 0.2) is 0 Å². The number of amides is 1. The van der Waals surface area contributed by atoms with E-state index in [4.69, 9.17) is 11.6 Å². The van der Waals surface area contributed by atoms with Gasteiger partial charge in [0.2, 0.25) is 15.9 Å². The molecular formula is C20H21ClN2O6S. The lowest BCUT2D eigenvalue weighted by Gasteiger charge is -2.25. The molecule has 1 aliphatic rings. The first-order valence-corrected chi connectivity index (χ1v) is 11.0. The van der Waals surface area contributed by atoms with E-state index in [2.05, 4.69) is 5.32 Å². The van der Waals surface area contributed by atoms with Crippen molar-refractivity contribution in [1.29, 1.82) is 0 Å². The number of carboxylic acids is 1. The highest BCUT2D eigenvalue weighted by molar-refractivity contribution is 7.89. The lowest BCUT2D eigenvalue weighted by molar-refractivity contribution is -0.142. The number of carbonyl (C=O) groups excluding carboxylic acids is 1. The van der Waals surface area contributed by atoms with Crippen LogP contribution in [0, 0.1) is 0 Å². The van der Waals surface area contributed by atoms with Gasteiger partial charge < -0.3 is 15.5 Å². The van der Waals surface area contributed by atoms with Gasteiger partial charge >= 0.3 is 5.97 Å². The van der Waals surface area contributed by atoms with Crippen molar-refractivity contribution in [3.63, 3.8) is 0 Å². The average Bonchev–Trinajstić information content (AvgIpc) is 3.11. The van der Waals surface area contributed by atoms with Crippen molar-refractivity contribution in [3.8, 4) is 0 Å². The van der Waals surface area contributed by atoms with Gasteiger partial charge in [0.1, 0.15) is 12.1 Å². The fourth-order valence-corrected chi connectivity index (χ4v) is 5.31. The van der Waals surface area contributed by atoms with Crippen molar-refractivity contribution in [2.75, 3.05) is 6.54 Å². The molecule has 3 atom stereocenters. The second kappa shape index (κ2) is 9.13. The number of β-amino-alcohol motifs (C(OH)–C–C–N with tert-alkyl or cyclic N) is 1. The monoisotopic (exact) mass is 452 g/mol. The highest BCUT2D eigenvalue weighted by atomic mass is 35.5. The highest BCUT2D eigenvalue weighted by Crippen LogP contribution is 2.28. The molecule has 8 nitrogen and oxygen atoms in total. The summed E-state index contributed by atoms with van der Waals surface area (Å²) in [6.07, 6.45) is -1.14. The van der Waals surface area contributed by atoms with Crippen molar-refractivity contribution >= 4 is 33.5 Å². The Morgan fingerprint density at radius 1 is 1.17 bits per heavy atom. The Morgan fingerprint density at radius 2 is 1.87 bits per heavy atom. The van der Waals surface area contributed by atoms with E-state index in [0.29, 0.717) is 5.56 Å². The Bertz CT molecular complexity index is 1030. The normalized spacial score (nSPS) is 20.6. The maximum absolute atomic E-state index is 13.0. The molecule has 0 bridgehead atoms. The van der Waals surface area contributed by atoms with Crippen molar-refractivity contribution in [3.05, 3.63) is 65.2 Å². The van der Waals surface area contributed by atoms with Crippen LogP contribution >= 0.6 is 11.6 Å². The number of nitrogens with zero attached hydrogens (tertiary/aromatic N) is 1. The first-order chi connectivity index (χ1) is 14.2. The van der Waals surface area contributed by atoms with Crippen molar-refractivity contribution in [2.24, 2.45) is 0 Å². The van der Waals surface area contributed by atoms with Gasteiger partial charge in [-0.1, -0.05) is 48.0 Å². The number of aliphatic hydroxyl groups is 1. The molecule has 10 heteroatoms. The number of hydrogen-bond acceptors (Lipinski definition) is 5. The van der Waals surface area contributed by atoms with E-state index in [1.807, 2.05) is 0 Å². The fourth-order valence-electron chi connectivity index (χ4n) is 3.37. The van der Waals surface area contributed by atoms with Crippen LogP contribution in [0.3, 0.4) is 0 Å². The number of nitrogens with one attached hydrogen (secondary N) is 1. The molecule has 3 rings (SSSR count). The van der Waals surface area contributed by atoms with Crippen molar-refractivity contribution < 1.29 is 28.2 Å². The van der Waals surface area contributed by atoms with Gasteiger partial charge in [0.25, 0.3) is 0 Å². The zero-order chi connectivity index (χ0) is 21.9. The average molecular weight is 453 g/mol. The summed E-state index contributed by atoms with van der Waals surface area (Å²) in [5.41, 5.74) is 0.708. The van der Waals surface area contributed by atoms with Crippen LogP contribution in [-0.2, 0) is 26.0 Å². The lowest BCUT2D eigenvalue weighted by Crippen LogP contribution is -2.51. The van der Waals surface area contributed by atoms with Crippen LogP contribution in [0.5, 0.6) is 0 Å². The van der Waals surface area contributed by atoms with Crippen LogP contribution in [0.1, 0.15) is 12.0 Å². The van der Waals surface area contributed by atoms with Gasteiger partial charge in [0, 0.05) is 24.4 Å². The number of rotatable bonds is 7. The maximum Gasteiger partial charge on any atom is 0.326 e. The third kappa shape index (κ3) is 4.99. The number of halogens is 1. The summed E-state index contributed by atoms with van der Waals surface area (Å²) >= 11 is 5.89. The minimum Gasteiger partial charge on any atom is -0.480 e. The van der Waals surface area contributed by atoms with Crippen LogP contribution in [0.2, 0.25) is 5.02 Å². The van der Waals surface area contributed by atoms with Gasteiger partial charge in [-0.2, -0.15) is 4.31 Å². The smallest absolute Gasteiger partial charge is 0.326 e. The SMILES string of the molecule is O=C(O)C(Cc1ccccc1)NC(=O)C1C[C@@H](O)CN1S(=O)(=O)c1cccc(Cl)c1. The fraction of sp³-hybridized carbons (Fsp3) is 0.300. The summed E-state index contributed by atoms with van der Waals surface area (Å²) in [4.78, 5) is 24.4. The molecule has 3 N–H and O–H groups in total.